The lowest BCUT2D eigenvalue weighted by atomic mass is 10.2. The fourth-order valence-electron chi connectivity index (χ4n) is 1.63. The van der Waals surface area contributed by atoms with E-state index in [1.807, 2.05) is 18.2 Å². The molecular weight excluding hydrogens is 318 g/mol. The van der Waals surface area contributed by atoms with E-state index in [0.29, 0.717) is 12.6 Å². The smallest absolute Gasteiger partial charge is 0.191 e. The maximum atomic E-state index is 5.22. The molecule has 0 aliphatic heterocycles. The van der Waals surface area contributed by atoms with Crippen molar-refractivity contribution in [2.75, 3.05) is 13.7 Å². The van der Waals surface area contributed by atoms with Gasteiger partial charge in [0.25, 0.3) is 0 Å². The number of ether oxygens (including phenoxy) is 1. The van der Waals surface area contributed by atoms with E-state index in [9.17, 15) is 0 Å². The summed E-state index contributed by atoms with van der Waals surface area (Å²) in [5, 5.41) is 6.64. The molecule has 1 aromatic carbocycles. The number of rotatable bonds is 6. The lowest BCUT2D eigenvalue weighted by Crippen LogP contribution is -2.41. The van der Waals surface area contributed by atoms with Crippen LogP contribution in [0.1, 0.15) is 32.8 Å². The van der Waals surface area contributed by atoms with Crippen LogP contribution in [0.2, 0.25) is 0 Å². The summed E-state index contributed by atoms with van der Waals surface area (Å²) in [6, 6.07) is 6.43. The van der Waals surface area contributed by atoms with E-state index in [1.54, 1.807) is 7.11 Å². The van der Waals surface area contributed by atoms with Crippen LogP contribution in [0.15, 0.2) is 27.7 Å². The lowest BCUT2D eigenvalue weighted by molar-refractivity contribution is 0.412. The Balaban J connectivity index is 2.73. The van der Waals surface area contributed by atoms with Gasteiger partial charge in [-0.05, 0) is 53.9 Å². The van der Waals surface area contributed by atoms with E-state index in [1.165, 1.54) is 0 Å². The SMILES string of the molecule is CCNC(=NCc1ccc(OC)c(Br)c1)NC(C)CC. The highest BCUT2D eigenvalue weighted by Gasteiger charge is 2.04. The molecule has 0 amide bonds. The maximum absolute atomic E-state index is 5.22. The molecule has 0 heterocycles. The average Bonchev–Trinajstić information content (AvgIpc) is 2.45. The van der Waals surface area contributed by atoms with Crippen molar-refractivity contribution in [3.8, 4) is 5.75 Å². The first-order chi connectivity index (χ1) is 9.60. The first-order valence-electron chi connectivity index (χ1n) is 6.97. The number of nitrogens with one attached hydrogen (secondary N) is 2. The van der Waals surface area contributed by atoms with Gasteiger partial charge in [0.1, 0.15) is 5.75 Å². The van der Waals surface area contributed by atoms with Crippen molar-refractivity contribution in [1.82, 2.24) is 10.6 Å². The minimum atomic E-state index is 0.412. The van der Waals surface area contributed by atoms with E-state index in [-0.39, 0.29) is 0 Å². The zero-order valence-electron chi connectivity index (χ0n) is 12.7. The predicted molar refractivity (Wildman–Crippen MR) is 88.4 cm³/mol. The molecule has 0 aliphatic carbocycles. The van der Waals surface area contributed by atoms with Gasteiger partial charge in [-0.3, -0.25) is 0 Å². The molecule has 0 spiro atoms. The van der Waals surface area contributed by atoms with Gasteiger partial charge in [-0.2, -0.15) is 0 Å². The molecule has 0 bridgehead atoms. The van der Waals surface area contributed by atoms with Crippen LogP contribution < -0.4 is 15.4 Å². The number of guanidine groups is 1. The van der Waals surface area contributed by atoms with Crippen LogP contribution in [0.5, 0.6) is 5.75 Å². The summed E-state index contributed by atoms with van der Waals surface area (Å²) in [6.07, 6.45) is 1.07. The molecule has 0 aromatic heterocycles. The van der Waals surface area contributed by atoms with Gasteiger partial charge in [0.05, 0.1) is 18.1 Å². The minimum absolute atomic E-state index is 0.412. The molecule has 1 atom stereocenters. The molecule has 0 saturated carbocycles. The summed E-state index contributed by atoms with van der Waals surface area (Å²) < 4.78 is 6.18. The fourth-order valence-corrected chi connectivity index (χ4v) is 2.22. The number of methoxy groups -OCH3 is 1. The van der Waals surface area contributed by atoms with E-state index in [4.69, 9.17) is 4.74 Å². The highest BCUT2D eigenvalue weighted by molar-refractivity contribution is 9.10. The number of aliphatic imine (C=N–C) groups is 1. The molecule has 0 saturated heterocycles. The van der Waals surface area contributed by atoms with Crippen LogP contribution in [0, 0.1) is 0 Å². The van der Waals surface area contributed by atoms with Crippen molar-refractivity contribution in [3.63, 3.8) is 0 Å². The van der Waals surface area contributed by atoms with Gasteiger partial charge < -0.3 is 15.4 Å². The van der Waals surface area contributed by atoms with E-state index in [2.05, 4.69) is 52.3 Å². The van der Waals surface area contributed by atoms with E-state index >= 15 is 0 Å². The second-order valence-electron chi connectivity index (χ2n) is 4.62. The first kappa shape index (κ1) is 16.8. The molecular formula is C15H24BrN3O. The van der Waals surface area contributed by atoms with Crippen molar-refractivity contribution < 1.29 is 4.74 Å². The van der Waals surface area contributed by atoms with Crippen molar-refractivity contribution >= 4 is 21.9 Å². The fraction of sp³-hybridized carbons (Fsp3) is 0.533. The highest BCUT2D eigenvalue weighted by atomic mass is 79.9. The third-order valence-corrected chi connectivity index (χ3v) is 3.60. The quantitative estimate of drug-likeness (QED) is 0.616. The molecule has 20 heavy (non-hydrogen) atoms. The van der Waals surface area contributed by atoms with Crippen LogP contribution >= 0.6 is 15.9 Å². The van der Waals surface area contributed by atoms with Gasteiger partial charge >= 0.3 is 0 Å². The monoisotopic (exact) mass is 341 g/mol. The first-order valence-corrected chi connectivity index (χ1v) is 7.77. The van der Waals surface area contributed by atoms with Crippen LogP contribution in [0.3, 0.4) is 0 Å². The van der Waals surface area contributed by atoms with Gasteiger partial charge in [-0.15, -0.1) is 0 Å². The molecule has 4 nitrogen and oxygen atoms in total. The van der Waals surface area contributed by atoms with E-state index in [0.717, 1.165) is 34.7 Å². The summed E-state index contributed by atoms with van der Waals surface area (Å²) in [6.45, 7) is 7.86. The van der Waals surface area contributed by atoms with Crippen molar-refractivity contribution in [2.45, 2.75) is 39.8 Å². The minimum Gasteiger partial charge on any atom is -0.496 e. The second kappa shape index (κ2) is 8.84. The average molecular weight is 342 g/mol. The lowest BCUT2D eigenvalue weighted by Gasteiger charge is -2.16. The third-order valence-electron chi connectivity index (χ3n) is 2.98. The molecule has 1 rings (SSSR count). The Morgan fingerprint density at radius 2 is 2.15 bits per heavy atom. The number of hydrogen-bond donors (Lipinski definition) is 2. The Morgan fingerprint density at radius 1 is 1.40 bits per heavy atom. The van der Waals surface area contributed by atoms with Gasteiger partial charge in [0, 0.05) is 12.6 Å². The zero-order valence-corrected chi connectivity index (χ0v) is 14.3. The summed E-state index contributed by atoms with van der Waals surface area (Å²) >= 11 is 3.49. The molecule has 2 N–H and O–H groups in total. The summed E-state index contributed by atoms with van der Waals surface area (Å²) in [7, 11) is 1.66. The Bertz CT molecular complexity index is 449. The number of benzene rings is 1. The van der Waals surface area contributed by atoms with Gasteiger partial charge in [0.15, 0.2) is 5.96 Å². The highest BCUT2D eigenvalue weighted by Crippen LogP contribution is 2.25. The second-order valence-corrected chi connectivity index (χ2v) is 5.47. The topological polar surface area (TPSA) is 45.7 Å². The van der Waals surface area contributed by atoms with Crippen LogP contribution in [0.4, 0.5) is 0 Å². The van der Waals surface area contributed by atoms with Crippen molar-refractivity contribution in [3.05, 3.63) is 28.2 Å². The number of halogens is 1. The third kappa shape index (κ3) is 5.41. The van der Waals surface area contributed by atoms with Crippen LogP contribution in [0.25, 0.3) is 0 Å². The summed E-state index contributed by atoms with van der Waals surface area (Å²) in [4.78, 5) is 4.60. The molecule has 1 aromatic rings. The molecule has 112 valence electrons. The number of nitrogens with zero attached hydrogens (tertiary/aromatic N) is 1. The van der Waals surface area contributed by atoms with Crippen LogP contribution in [-0.2, 0) is 6.54 Å². The zero-order chi connectivity index (χ0) is 15.0. The molecule has 1 unspecified atom stereocenters. The van der Waals surface area contributed by atoms with Crippen molar-refractivity contribution in [2.24, 2.45) is 4.99 Å². The Kier molecular flexibility index (Phi) is 7.44. The van der Waals surface area contributed by atoms with Gasteiger partial charge in [-0.25, -0.2) is 4.99 Å². The largest absolute Gasteiger partial charge is 0.496 e. The Morgan fingerprint density at radius 3 is 2.70 bits per heavy atom. The molecule has 5 heteroatoms. The van der Waals surface area contributed by atoms with Gasteiger partial charge in [0.2, 0.25) is 0 Å². The Labute approximate surface area is 130 Å². The normalized spacial score (nSPS) is 12.9. The van der Waals surface area contributed by atoms with Crippen molar-refractivity contribution in [1.29, 1.82) is 0 Å². The molecule has 0 fully saturated rings. The predicted octanol–water partition coefficient (Wildman–Crippen LogP) is 3.31. The summed E-state index contributed by atoms with van der Waals surface area (Å²) in [5.74, 6) is 1.69. The van der Waals surface area contributed by atoms with Crippen LogP contribution in [-0.4, -0.2) is 25.7 Å². The van der Waals surface area contributed by atoms with E-state index < -0.39 is 0 Å². The Hall–Kier alpha value is -1.23. The molecule has 0 aliphatic rings. The standard InChI is InChI=1S/C15H24BrN3O/c1-5-11(3)19-15(17-6-2)18-10-12-7-8-14(20-4)13(16)9-12/h7-9,11H,5-6,10H2,1-4H3,(H2,17,18,19). The summed E-state index contributed by atoms with van der Waals surface area (Å²) in [5.41, 5.74) is 1.14. The number of hydrogen-bond acceptors (Lipinski definition) is 2. The maximum Gasteiger partial charge on any atom is 0.191 e. The van der Waals surface area contributed by atoms with Gasteiger partial charge in [-0.1, -0.05) is 13.0 Å². The molecule has 0 radical (unpaired) electrons.